The van der Waals surface area contributed by atoms with Gasteiger partial charge in [-0.05, 0) is 30.2 Å². The van der Waals surface area contributed by atoms with Crippen LogP contribution in [0, 0.1) is 17.8 Å². The highest BCUT2D eigenvalue weighted by Gasteiger charge is 2.33. The number of rotatable bonds is 5. The molecule has 2 heteroatoms. The van der Waals surface area contributed by atoms with Crippen LogP contribution in [-0.2, 0) is 5.54 Å². The maximum absolute atomic E-state index is 3.73. The van der Waals surface area contributed by atoms with E-state index < -0.39 is 0 Å². The Morgan fingerprint density at radius 3 is 2.29 bits per heavy atom. The van der Waals surface area contributed by atoms with Crippen LogP contribution in [0.3, 0.4) is 0 Å². The van der Waals surface area contributed by atoms with E-state index in [-0.39, 0.29) is 5.54 Å². The van der Waals surface area contributed by atoms with Crippen LogP contribution in [0.4, 0.5) is 0 Å². The summed E-state index contributed by atoms with van der Waals surface area (Å²) >= 11 is 0. The van der Waals surface area contributed by atoms with Gasteiger partial charge in [-0.25, -0.2) is 0 Å². The SMILES string of the molecule is CC(C)C(CN1CCNC(C)(c2ccccc2)C1)C(C)C. The first kappa shape index (κ1) is 16.5. The molecule has 21 heavy (non-hydrogen) atoms. The van der Waals surface area contributed by atoms with Crippen LogP contribution < -0.4 is 5.32 Å². The number of piperazine rings is 1. The van der Waals surface area contributed by atoms with Crippen molar-refractivity contribution in [3.05, 3.63) is 35.9 Å². The van der Waals surface area contributed by atoms with Crippen molar-refractivity contribution in [2.45, 2.75) is 40.2 Å². The van der Waals surface area contributed by atoms with Gasteiger partial charge in [0.05, 0.1) is 5.54 Å². The van der Waals surface area contributed by atoms with Crippen molar-refractivity contribution in [2.75, 3.05) is 26.2 Å². The smallest absolute Gasteiger partial charge is 0.0535 e. The monoisotopic (exact) mass is 288 g/mol. The molecule has 1 aromatic carbocycles. The summed E-state index contributed by atoms with van der Waals surface area (Å²) in [6, 6.07) is 10.9. The molecule has 0 aliphatic carbocycles. The summed E-state index contributed by atoms with van der Waals surface area (Å²) in [4.78, 5) is 2.66. The molecule has 2 rings (SSSR count). The minimum Gasteiger partial charge on any atom is -0.305 e. The summed E-state index contributed by atoms with van der Waals surface area (Å²) in [6.07, 6.45) is 0. The van der Waals surface area contributed by atoms with Crippen LogP contribution in [0.25, 0.3) is 0 Å². The molecule has 0 radical (unpaired) electrons. The first-order valence-corrected chi connectivity index (χ1v) is 8.45. The second-order valence-electron chi connectivity index (χ2n) is 7.51. The van der Waals surface area contributed by atoms with Gasteiger partial charge < -0.3 is 5.32 Å². The summed E-state index contributed by atoms with van der Waals surface area (Å²) < 4.78 is 0. The van der Waals surface area contributed by atoms with Gasteiger partial charge in [0.2, 0.25) is 0 Å². The molecule has 1 N–H and O–H groups in total. The summed E-state index contributed by atoms with van der Waals surface area (Å²) in [6.45, 7) is 16.4. The molecule has 1 unspecified atom stereocenters. The molecule has 0 bridgehead atoms. The minimum absolute atomic E-state index is 0.0814. The van der Waals surface area contributed by atoms with Gasteiger partial charge in [0.15, 0.2) is 0 Å². The molecule has 1 saturated heterocycles. The number of hydrogen-bond acceptors (Lipinski definition) is 2. The maximum Gasteiger partial charge on any atom is 0.0535 e. The largest absolute Gasteiger partial charge is 0.305 e. The van der Waals surface area contributed by atoms with Crippen LogP contribution in [0.1, 0.15) is 40.2 Å². The van der Waals surface area contributed by atoms with Gasteiger partial charge in [-0.3, -0.25) is 4.90 Å². The second kappa shape index (κ2) is 6.93. The van der Waals surface area contributed by atoms with Crippen LogP contribution in [0.15, 0.2) is 30.3 Å². The zero-order chi connectivity index (χ0) is 15.5. The van der Waals surface area contributed by atoms with Crippen molar-refractivity contribution < 1.29 is 0 Å². The molecule has 2 nitrogen and oxygen atoms in total. The Hall–Kier alpha value is -0.860. The highest BCUT2D eigenvalue weighted by atomic mass is 15.2. The van der Waals surface area contributed by atoms with Gasteiger partial charge >= 0.3 is 0 Å². The van der Waals surface area contributed by atoms with E-state index >= 15 is 0 Å². The van der Waals surface area contributed by atoms with Gasteiger partial charge in [-0.1, -0.05) is 58.0 Å². The zero-order valence-corrected chi connectivity index (χ0v) is 14.4. The van der Waals surface area contributed by atoms with Crippen molar-refractivity contribution >= 4 is 0 Å². The lowest BCUT2D eigenvalue weighted by Gasteiger charge is -2.44. The normalized spacial score (nSPS) is 24.2. The van der Waals surface area contributed by atoms with Crippen LogP contribution in [0.5, 0.6) is 0 Å². The van der Waals surface area contributed by atoms with E-state index in [1.807, 2.05) is 0 Å². The lowest BCUT2D eigenvalue weighted by molar-refractivity contribution is 0.0984. The molecule has 1 aliphatic rings. The molecular formula is C19H32N2. The third-order valence-electron chi connectivity index (χ3n) is 5.08. The van der Waals surface area contributed by atoms with Crippen LogP contribution >= 0.6 is 0 Å². The van der Waals surface area contributed by atoms with Gasteiger partial charge in [0, 0.05) is 26.2 Å². The highest BCUT2D eigenvalue weighted by molar-refractivity contribution is 5.24. The lowest BCUT2D eigenvalue weighted by atomic mass is 9.83. The van der Waals surface area contributed by atoms with Gasteiger partial charge in [-0.2, -0.15) is 0 Å². The topological polar surface area (TPSA) is 15.3 Å². The molecule has 118 valence electrons. The molecule has 1 fully saturated rings. The fraction of sp³-hybridized carbons (Fsp3) is 0.684. The molecule has 0 saturated carbocycles. The van der Waals surface area contributed by atoms with Crippen LogP contribution in [-0.4, -0.2) is 31.1 Å². The summed E-state index contributed by atoms with van der Waals surface area (Å²) in [5.74, 6) is 2.29. The Balaban J connectivity index is 2.07. The summed E-state index contributed by atoms with van der Waals surface area (Å²) in [5.41, 5.74) is 1.48. The van der Waals surface area contributed by atoms with Crippen molar-refractivity contribution in [3.8, 4) is 0 Å². The summed E-state index contributed by atoms with van der Waals surface area (Å²) in [5, 5.41) is 3.73. The van der Waals surface area contributed by atoms with Crippen molar-refractivity contribution in [2.24, 2.45) is 17.8 Å². The van der Waals surface area contributed by atoms with Crippen molar-refractivity contribution in [3.63, 3.8) is 0 Å². The van der Waals surface area contributed by atoms with E-state index in [9.17, 15) is 0 Å². The molecule has 1 heterocycles. The van der Waals surface area contributed by atoms with Crippen molar-refractivity contribution in [1.29, 1.82) is 0 Å². The first-order chi connectivity index (χ1) is 9.92. The third-order valence-corrected chi connectivity index (χ3v) is 5.08. The Morgan fingerprint density at radius 1 is 1.10 bits per heavy atom. The minimum atomic E-state index is 0.0814. The van der Waals surface area contributed by atoms with Gasteiger partial charge in [0.25, 0.3) is 0 Å². The number of benzene rings is 1. The Labute approximate surface area is 130 Å². The molecular weight excluding hydrogens is 256 g/mol. The maximum atomic E-state index is 3.73. The van der Waals surface area contributed by atoms with Crippen LogP contribution in [0.2, 0.25) is 0 Å². The number of nitrogens with zero attached hydrogens (tertiary/aromatic N) is 1. The zero-order valence-electron chi connectivity index (χ0n) is 14.4. The quantitative estimate of drug-likeness (QED) is 0.888. The van der Waals surface area contributed by atoms with E-state index in [4.69, 9.17) is 0 Å². The van der Waals surface area contributed by atoms with Gasteiger partial charge in [0.1, 0.15) is 0 Å². The van der Waals surface area contributed by atoms with E-state index in [2.05, 4.69) is 75.2 Å². The second-order valence-corrected chi connectivity index (χ2v) is 7.51. The van der Waals surface area contributed by atoms with Gasteiger partial charge in [-0.15, -0.1) is 0 Å². The third kappa shape index (κ3) is 4.08. The van der Waals surface area contributed by atoms with E-state index in [1.165, 1.54) is 18.7 Å². The molecule has 1 atom stereocenters. The standard InChI is InChI=1S/C19H32N2/c1-15(2)18(16(3)4)13-21-12-11-20-19(5,14-21)17-9-7-6-8-10-17/h6-10,15-16,18,20H,11-14H2,1-5H3. The molecule has 0 spiro atoms. The average molecular weight is 288 g/mol. The van der Waals surface area contributed by atoms with Crippen molar-refractivity contribution in [1.82, 2.24) is 10.2 Å². The predicted octanol–water partition coefficient (Wildman–Crippen LogP) is 3.74. The molecule has 0 amide bonds. The van der Waals surface area contributed by atoms with E-state index in [1.54, 1.807) is 0 Å². The molecule has 1 aromatic rings. The van der Waals surface area contributed by atoms with E-state index in [0.717, 1.165) is 30.8 Å². The Morgan fingerprint density at radius 2 is 1.71 bits per heavy atom. The summed E-state index contributed by atoms with van der Waals surface area (Å²) in [7, 11) is 0. The first-order valence-electron chi connectivity index (χ1n) is 8.45. The Kier molecular flexibility index (Phi) is 5.45. The number of nitrogens with one attached hydrogen (secondary N) is 1. The predicted molar refractivity (Wildman–Crippen MR) is 91.4 cm³/mol. The van der Waals surface area contributed by atoms with E-state index in [0.29, 0.717) is 0 Å². The highest BCUT2D eigenvalue weighted by Crippen LogP contribution is 2.27. The Bertz CT molecular complexity index is 418. The number of hydrogen-bond donors (Lipinski definition) is 1. The molecule has 1 aliphatic heterocycles. The fourth-order valence-electron chi connectivity index (χ4n) is 3.72. The lowest BCUT2D eigenvalue weighted by Crippen LogP contribution is -2.57. The fourth-order valence-corrected chi connectivity index (χ4v) is 3.72. The molecule has 0 aromatic heterocycles. The average Bonchev–Trinajstić information content (AvgIpc) is 2.45.